The fraction of sp³-hybridized carbons (Fsp3) is 0.316. The zero-order chi connectivity index (χ0) is 18.8. The molecule has 0 unspecified atom stereocenters. The molecule has 0 atom stereocenters. The number of hydrogen-bond donors (Lipinski definition) is 1. The van der Waals surface area contributed by atoms with Crippen LogP contribution in [0.15, 0.2) is 41.8 Å². The van der Waals surface area contributed by atoms with Gasteiger partial charge in [0.25, 0.3) is 5.91 Å². The maximum atomic E-state index is 13.7. The average molecular weight is 385 g/mol. The quantitative estimate of drug-likeness (QED) is 0.750. The number of thiophene rings is 1. The summed E-state index contributed by atoms with van der Waals surface area (Å²) in [7, 11) is 1.94. The highest BCUT2D eigenvalue weighted by molar-refractivity contribution is 7.13. The summed E-state index contributed by atoms with van der Waals surface area (Å²) in [4.78, 5) is 20.1. The minimum atomic E-state index is -0.359. The van der Waals surface area contributed by atoms with Crippen molar-refractivity contribution in [3.8, 4) is 16.4 Å². The third-order valence-corrected chi connectivity index (χ3v) is 5.65. The second-order valence-corrected chi connectivity index (χ2v) is 7.43. The Morgan fingerprint density at radius 1 is 1.26 bits per heavy atom. The number of benzene rings is 1. The summed E-state index contributed by atoms with van der Waals surface area (Å²) < 4.78 is 15.3. The monoisotopic (exact) mass is 385 g/mol. The van der Waals surface area contributed by atoms with Crippen LogP contribution in [0.1, 0.15) is 23.5 Å². The van der Waals surface area contributed by atoms with Crippen LogP contribution in [0.2, 0.25) is 0 Å². The van der Waals surface area contributed by atoms with E-state index in [1.165, 1.54) is 23.5 Å². The highest BCUT2D eigenvalue weighted by atomic mass is 32.1. The third kappa shape index (κ3) is 3.63. The Labute approximate surface area is 160 Å². The molecule has 3 aromatic rings. The van der Waals surface area contributed by atoms with Gasteiger partial charge in [0.1, 0.15) is 5.82 Å². The lowest BCUT2D eigenvalue weighted by atomic mass is 10.1. The highest BCUT2D eigenvalue weighted by Gasteiger charge is 2.27. The zero-order valence-electron chi connectivity index (χ0n) is 14.9. The largest absolute Gasteiger partial charge is 0.336 e. The van der Waals surface area contributed by atoms with Gasteiger partial charge < -0.3 is 10.2 Å². The van der Waals surface area contributed by atoms with Crippen LogP contribution in [-0.4, -0.2) is 51.8 Å². The van der Waals surface area contributed by atoms with Crippen LogP contribution in [0, 0.1) is 5.82 Å². The van der Waals surface area contributed by atoms with Crippen molar-refractivity contribution in [1.29, 1.82) is 0 Å². The molecule has 27 heavy (non-hydrogen) atoms. The van der Waals surface area contributed by atoms with Gasteiger partial charge in [-0.1, -0.05) is 12.1 Å². The van der Waals surface area contributed by atoms with Crippen molar-refractivity contribution in [3.63, 3.8) is 0 Å². The summed E-state index contributed by atoms with van der Waals surface area (Å²) >= 11 is 1.50. The van der Waals surface area contributed by atoms with Gasteiger partial charge in [-0.3, -0.25) is 4.79 Å². The number of rotatable bonds is 4. The molecule has 1 amide bonds. The molecule has 0 spiro atoms. The van der Waals surface area contributed by atoms with Crippen molar-refractivity contribution in [2.45, 2.75) is 18.9 Å². The second-order valence-electron chi connectivity index (χ2n) is 6.48. The van der Waals surface area contributed by atoms with Crippen molar-refractivity contribution in [1.82, 2.24) is 25.0 Å². The van der Waals surface area contributed by atoms with Crippen LogP contribution >= 0.6 is 11.3 Å². The Hall–Kier alpha value is -2.58. The Morgan fingerprint density at radius 3 is 2.74 bits per heavy atom. The summed E-state index contributed by atoms with van der Waals surface area (Å²) in [5.41, 5.74) is 0.541. The van der Waals surface area contributed by atoms with Crippen molar-refractivity contribution in [2.24, 2.45) is 0 Å². The van der Waals surface area contributed by atoms with E-state index in [1.807, 2.05) is 24.6 Å². The van der Waals surface area contributed by atoms with E-state index < -0.39 is 0 Å². The Morgan fingerprint density at radius 2 is 2.07 bits per heavy atom. The standard InChI is InChI=1S/C19H20FN5OS/c1-21-14-7-9-24(10-8-14)19(26)17-22-18(16-6-3-11-27-16)25(23-17)15-5-2-4-13(20)12-15/h2-6,11-12,14,21H,7-10H2,1H3. The van der Waals surface area contributed by atoms with E-state index >= 15 is 0 Å². The maximum Gasteiger partial charge on any atom is 0.293 e. The normalized spacial score (nSPS) is 15.3. The second kappa shape index (κ2) is 7.58. The zero-order valence-corrected chi connectivity index (χ0v) is 15.7. The summed E-state index contributed by atoms with van der Waals surface area (Å²) in [6.45, 7) is 1.35. The molecule has 0 aliphatic carbocycles. The molecule has 1 saturated heterocycles. The fourth-order valence-electron chi connectivity index (χ4n) is 3.27. The lowest BCUT2D eigenvalue weighted by Crippen LogP contribution is -2.44. The van der Waals surface area contributed by atoms with E-state index in [1.54, 1.807) is 21.7 Å². The molecule has 1 aliphatic heterocycles. The number of amides is 1. The molecule has 0 bridgehead atoms. The Kier molecular flexibility index (Phi) is 5.00. The summed E-state index contributed by atoms with van der Waals surface area (Å²) in [5.74, 6) is 0.147. The van der Waals surface area contributed by atoms with E-state index in [2.05, 4.69) is 15.4 Å². The summed E-state index contributed by atoms with van der Waals surface area (Å²) in [5, 5.41) is 9.62. The van der Waals surface area contributed by atoms with Crippen molar-refractivity contribution < 1.29 is 9.18 Å². The highest BCUT2D eigenvalue weighted by Crippen LogP contribution is 2.26. The molecule has 1 fully saturated rings. The maximum absolute atomic E-state index is 13.7. The molecule has 4 rings (SSSR count). The molecule has 140 valence electrons. The lowest BCUT2D eigenvalue weighted by Gasteiger charge is -2.30. The number of aromatic nitrogens is 3. The molecule has 8 heteroatoms. The van der Waals surface area contributed by atoms with Gasteiger partial charge in [0.15, 0.2) is 5.82 Å². The number of carbonyl (C=O) groups excluding carboxylic acids is 1. The topological polar surface area (TPSA) is 63.1 Å². The van der Waals surface area contributed by atoms with E-state index in [9.17, 15) is 9.18 Å². The van der Waals surface area contributed by atoms with Gasteiger partial charge in [0, 0.05) is 19.1 Å². The van der Waals surface area contributed by atoms with Crippen LogP contribution in [0.3, 0.4) is 0 Å². The molecule has 3 heterocycles. The Balaban J connectivity index is 1.68. The van der Waals surface area contributed by atoms with Crippen molar-refractivity contribution in [3.05, 3.63) is 53.4 Å². The fourth-order valence-corrected chi connectivity index (χ4v) is 3.97. The molecule has 6 nitrogen and oxygen atoms in total. The number of halogens is 1. The summed E-state index contributed by atoms with van der Waals surface area (Å²) in [6, 6.07) is 10.4. The molecule has 1 aliphatic rings. The molecule has 1 aromatic carbocycles. The number of carbonyl (C=O) groups is 1. The number of hydrogen-bond acceptors (Lipinski definition) is 5. The molecular formula is C19H20FN5OS. The smallest absolute Gasteiger partial charge is 0.293 e. The first-order chi connectivity index (χ1) is 13.2. The van der Waals surface area contributed by atoms with Crippen LogP contribution in [0.25, 0.3) is 16.4 Å². The van der Waals surface area contributed by atoms with Gasteiger partial charge in [-0.2, -0.15) is 0 Å². The Bertz CT molecular complexity index is 931. The first kappa shape index (κ1) is 17.8. The average Bonchev–Trinajstić information content (AvgIpc) is 3.37. The number of piperidine rings is 1. The molecule has 2 aromatic heterocycles. The number of likely N-dealkylation sites (tertiary alicyclic amines) is 1. The molecular weight excluding hydrogens is 365 g/mol. The van der Waals surface area contributed by atoms with Gasteiger partial charge in [0.05, 0.1) is 10.6 Å². The first-order valence-corrected chi connectivity index (χ1v) is 9.77. The molecule has 0 saturated carbocycles. The van der Waals surface area contributed by atoms with E-state index in [0.717, 1.165) is 17.7 Å². The third-order valence-electron chi connectivity index (χ3n) is 4.78. The van der Waals surface area contributed by atoms with E-state index in [4.69, 9.17) is 0 Å². The summed E-state index contributed by atoms with van der Waals surface area (Å²) in [6.07, 6.45) is 1.81. The molecule has 1 N–H and O–H groups in total. The number of nitrogens with one attached hydrogen (secondary N) is 1. The SMILES string of the molecule is CNC1CCN(C(=O)c2nc(-c3cccs3)n(-c3cccc(F)c3)n2)CC1. The van der Waals surface area contributed by atoms with Gasteiger partial charge in [-0.25, -0.2) is 14.1 Å². The van der Waals surface area contributed by atoms with Gasteiger partial charge in [-0.15, -0.1) is 16.4 Å². The van der Waals surface area contributed by atoms with Gasteiger partial charge in [0.2, 0.25) is 5.82 Å². The van der Waals surface area contributed by atoms with E-state index in [0.29, 0.717) is 30.6 Å². The number of nitrogens with zero attached hydrogens (tertiary/aromatic N) is 4. The van der Waals surface area contributed by atoms with E-state index in [-0.39, 0.29) is 17.5 Å². The van der Waals surface area contributed by atoms with Crippen LogP contribution in [-0.2, 0) is 0 Å². The minimum Gasteiger partial charge on any atom is -0.336 e. The predicted molar refractivity (Wildman–Crippen MR) is 103 cm³/mol. The van der Waals surface area contributed by atoms with Crippen LogP contribution in [0.5, 0.6) is 0 Å². The van der Waals surface area contributed by atoms with Gasteiger partial charge >= 0.3 is 0 Å². The first-order valence-electron chi connectivity index (χ1n) is 8.89. The predicted octanol–water partition coefficient (Wildman–Crippen LogP) is 2.96. The lowest BCUT2D eigenvalue weighted by molar-refractivity contribution is 0.0695. The molecule has 0 radical (unpaired) electrons. The minimum absolute atomic E-state index is 0.144. The van der Waals surface area contributed by atoms with Crippen molar-refractivity contribution in [2.75, 3.05) is 20.1 Å². The van der Waals surface area contributed by atoms with Crippen molar-refractivity contribution >= 4 is 17.2 Å². The van der Waals surface area contributed by atoms with Gasteiger partial charge in [-0.05, 0) is 49.5 Å². The van der Waals surface area contributed by atoms with Crippen LogP contribution in [0.4, 0.5) is 4.39 Å². The van der Waals surface area contributed by atoms with Crippen LogP contribution < -0.4 is 5.32 Å².